The van der Waals surface area contributed by atoms with E-state index in [1.54, 1.807) is 0 Å². The predicted molar refractivity (Wildman–Crippen MR) is 91.8 cm³/mol. The molecule has 2 N–H and O–H groups in total. The van der Waals surface area contributed by atoms with Gasteiger partial charge in [-0.25, -0.2) is 4.39 Å². The lowest BCUT2D eigenvalue weighted by molar-refractivity contribution is -0.328. The number of hydrogen-bond donors (Lipinski definition) is 2. The van der Waals surface area contributed by atoms with Crippen molar-refractivity contribution in [3.63, 3.8) is 0 Å². The zero-order valence-electron chi connectivity index (χ0n) is 14.4. The third kappa shape index (κ3) is 10.9. The zero-order valence-corrected chi connectivity index (χ0v) is 14.4. The van der Waals surface area contributed by atoms with Crippen molar-refractivity contribution >= 4 is 0 Å². The minimum absolute atomic E-state index is 0.0426. The molecule has 0 radical (unpaired) electrons. The van der Waals surface area contributed by atoms with Crippen LogP contribution in [0.2, 0.25) is 0 Å². The van der Waals surface area contributed by atoms with Crippen LogP contribution in [0.25, 0.3) is 0 Å². The van der Waals surface area contributed by atoms with Crippen molar-refractivity contribution in [1.82, 2.24) is 0 Å². The first-order valence-corrected chi connectivity index (χ1v) is 7.70. The first-order valence-electron chi connectivity index (χ1n) is 7.70. The average molecular weight is 368 g/mol. The van der Waals surface area contributed by atoms with E-state index in [0.717, 1.165) is 0 Å². The molecule has 0 saturated carbocycles. The Bertz CT molecular complexity index is 387. The molecule has 3 nitrogen and oxygen atoms in total. The highest BCUT2D eigenvalue weighted by Gasteiger charge is 2.52. The van der Waals surface area contributed by atoms with E-state index in [1.165, 1.54) is 24.3 Å². The summed E-state index contributed by atoms with van der Waals surface area (Å²) in [7, 11) is 0. The fourth-order valence-electron chi connectivity index (χ4n) is 1.71. The molecule has 0 fully saturated rings. The van der Waals surface area contributed by atoms with E-state index >= 15 is 0 Å². The SMILES string of the molecule is C=CCC(O)(CC=C)C(F)(F)OCCCF.C=CCC(O)(F)CC=C. The molecule has 0 aromatic carbocycles. The summed E-state index contributed by atoms with van der Waals surface area (Å²) in [6, 6.07) is 0. The van der Waals surface area contributed by atoms with Gasteiger partial charge in [0, 0.05) is 25.7 Å². The first-order chi connectivity index (χ1) is 11.6. The molecule has 0 spiro atoms. The summed E-state index contributed by atoms with van der Waals surface area (Å²) in [5.41, 5.74) is -2.37. The second-order valence-corrected chi connectivity index (χ2v) is 5.33. The van der Waals surface area contributed by atoms with Crippen molar-refractivity contribution in [2.75, 3.05) is 13.3 Å². The quantitative estimate of drug-likeness (QED) is 0.283. The van der Waals surface area contributed by atoms with Crippen LogP contribution in [0.4, 0.5) is 17.6 Å². The second kappa shape index (κ2) is 12.9. The fourth-order valence-corrected chi connectivity index (χ4v) is 1.71. The first kappa shape index (κ1) is 25.8. The van der Waals surface area contributed by atoms with E-state index in [-0.39, 0.29) is 32.1 Å². The third-order valence-corrected chi connectivity index (χ3v) is 2.98. The average Bonchev–Trinajstić information content (AvgIpc) is 2.48. The lowest BCUT2D eigenvalue weighted by Crippen LogP contribution is -2.49. The van der Waals surface area contributed by atoms with Crippen molar-refractivity contribution in [1.29, 1.82) is 0 Å². The Kier molecular flexibility index (Phi) is 13.3. The lowest BCUT2D eigenvalue weighted by Gasteiger charge is -2.33. The second-order valence-electron chi connectivity index (χ2n) is 5.33. The molecule has 0 saturated heterocycles. The van der Waals surface area contributed by atoms with E-state index < -0.39 is 30.8 Å². The molecular weight excluding hydrogens is 340 g/mol. The Labute approximate surface area is 147 Å². The van der Waals surface area contributed by atoms with Crippen LogP contribution in [0, 0.1) is 0 Å². The Hall–Kier alpha value is -1.44. The summed E-state index contributed by atoms with van der Waals surface area (Å²) in [5.74, 6) is -2.14. The Morgan fingerprint density at radius 1 is 0.800 bits per heavy atom. The van der Waals surface area contributed by atoms with Crippen LogP contribution in [-0.2, 0) is 4.74 Å². The highest BCUT2D eigenvalue weighted by atomic mass is 19.3. The van der Waals surface area contributed by atoms with Gasteiger partial charge in [0.15, 0.2) is 5.60 Å². The summed E-state index contributed by atoms with van der Waals surface area (Å²) < 4.78 is 55.4. The van der Waals surface area contributed by atoms with Crippen LogP contribution in [0.15, 0.2) is 50.6 Å². The number of alkyl halides is 4. The minimum atomic E-state index is -3.75. The van der Waals surface area contributed by atoms with E-state index in [0.29, 0.717) is 0 Å². The molecule has 0 aliphatic carbocycles. The van der Waals surface area contributed by atoms with Gasteiger partial charge < -0.3 is 14.9 Å². The molecule has 0 aliphatic rings. The van der Waals surface area contributed by atoms with Gasteiger partial charge in [-0.3, -0.25) is 4.39 Å². The number of ether oxygens (including phenoxy) is 1. The van der Waals surface area contributed by atoms with Crippen LogP contribution in [0.5, 0.6) is 0 Å². The normalized spacial score (nSPS) is 11.9. The molecule has 0 aromatic heterocycles. The number of halogens is 4. The molecule has 0 heterocycles. The number of rotatable bonds is 13. The highest BCUT2D eigenvalue weighted by molar-refractivity contribution is 4.97. The summed E-state index contributed by atoms with van der Waals surface area (Å²) in [6.07, 6.45) is 0.401. The van der Waals surface area contributed by atoms with Gasteiger partial charge in [0.2, 0.25) is 5.85 Å². The maximum Gasteiger partial charge on any atom is 0.384 e. The summed E-state index contributed by atoms with van der Waals surface area (Å²) in [5, 5.41) is 18.4. The smallest absolute Gasteiger partial charge is 0.380 e. The molecule has 0 bridgehead atoms. The van der Waals surface area contributed by atoms with Gasteiger partial charge in [0.1, 0.15) is 0 Å². The van der Waals surface area contributed by atoms with Gasteiger partial charge in [-0.15, -0.1) is 26.3 Å². The maximum atomic E-state index is 13.5. The predicted octanol–water partition coefficient (Wildman–Crippen LogP) is 4.64. The van der Waals surface area contributed by atoms with Crippen molar-refractivity contribution in [2.45, 2.75) is 49.7 Å². The molecule has 0 aromatic rings. The Balaban J connectivity index is 0. The molecule has 7 heteroatoms. The molecule has 0 unspecified atom stereocenters. The van der Waals surface area contributed by atoms with Crippen molar-refractivity contribution in [2.24, 2.45) is 0 Å². The lowest BCUT2D eigenvalue weighted by atomic mass is 9.94. The summed E-state index contributed by atoms with van der Waals surface area (Å²) >= 11 is 0. The Morgan fingerprint density at radius 3 is 1.52 bits per heavy atom. The third-order valence-electron chi connectivity index (χ3n) is 2.98. The van der Waals surface area contributed by atoms with Crippen LogP contribution < -0.4 is 0 Å². The van der Waals surface area contributed by atoms with Crippen LogP contribution in [0.3, 0.4) is 0 Å². The largest absolute Gasteiger partial charge is 0.384 e. The Morgan fingerprint density at radius 2 is 1.20 bits per heavy atom. The fraction of sp³-hybridized carbons (Fsp3) is 0.556. The van der Waals surface area contributed by atoms with Crippen molar-refractivity contribution in [3.05, 3.63) is 50.6 Å². The molecule has 0 rings (SSSR count). The zero-order chi connectivity index (χ0) is 20.0. The molecular formula is C18H28F4O3. The molecule has 146 valence electrons. The van der Waals surface area contributed by atoms with E-state index in [9.17, 15) is 22.7 Å². The van der Waals surface area contributed by atoms with E-state index in [2.05, 4.69) is 31.1 Å². The van der Waals surface area contributed by atoms with Crippen LogP contribution in [0.1, 0.15) is 32.1 Å². The van der Waals surface area contributed by atoms with Gasteiger partial charge in [0.05, 0.1) is 13.3 Å². The van der Waals surface area contributed by atoms with Crippen molar-refractivity contribution in [3.8, 4) is 0 Å². The number of aliphatic hydroxyl groups is 2. The summed E-state index contributed by atoms with van der Waals surface area (Å²) in [6.45, 7) is 12.0. The van der Waals surface area contributed by atoms with Gasteiger partial charge in [-0.1, -0.05) is 24.3 Å². The van der Waals surface area contributed by atoms with E-state index in [1.807, 2.05) is 0 Å². The van der Waals surface area contributed by atoms with E-state index in [4.69, 9.17) is 5.11 Å². The molecule has 0 atom stereocenters. The van der Waals surface area contributed by atoms with Gasteiger partial charge in [-0.2, -0.15) is 8.78 Å². The van der Waals surface area contributed by atoms with Crippen molar-refractivity contribution < 1.29 is 32.5 Å². The van der Waals surface area contributed by atoms with Gasteiger partial charge in [0.25, 0.3) is 0 Å². The van der Waals surface area contributed by atoms with Gasteiger partial charge in [-0.05, 0) is 6.42 Å². The number of hydrogen-bond acceptors (Lipinski definition) is 3. The maximum absolute atomic E-state index is 13.5. The highest BCUT2D eigenvalue weighted by Crippen LogP contribution is 2.36. The van der Waals surface area contributed by atoms with Crippen LogP contribution in [-0.4, -0.2) is 41.1 Å². The molecule has 25 heavy (non-hydrogen) atoms. The van der Waals surface area contributed by atoms with Gasteiger partial charge >= 0.3 is 6.11 Å². The molecule has 0 amide bonds. The minimum Gasteiger partial charge on any atom is -0.380 e. The molecule has 0 aliphatic heterocycles. The monoisotopic (exact) mass is 368 g/mol. The standard InChI is InChI=1S/C11H17F3O2.C7H11FO/c1-3-6-10(15,7-4-2)11(13,14)16-9-5-8-12;1-3-5-7(8,9)6-4-2/h3-4,15H,1-2,5-9H2;3-4,9H,1-2,5-6H2. The van der Waals surface area contributed by atoms with Crippen LogP contribution >= 0.6 is 0 Å². The summed E-state index contributed by atoms with van der Waals surface area (Å²) in [4.78, 5) is 0. The topological polar surface area (TPSA) is 49.7 Å².